The van der Waals surface area contributed by atoms with E-state index in [1.807, 2.05) is 30.3 Å². The summed E-state index contributed by atoms with van der Waals surface area (Å²) < 4.78 is 32.5. The van der Waals surface area contributed by atoms with E-state index >= 15 is 0 Å². The summed E-state index contributed by atoms with van der Waals surface area (Å²) in [4.78, 5) is 10.3. The van der Waals surface area contributed by atoms with Gasteiger partial charge in [0.15, 0.2) is 22.6 Å². The zero-order valence-corrected chi connectivity index (χ0v) is 25.9. The number of rotatable bonds is 6. The molecule has 1 aliphatic rings. The van der Waals surface area contributed by atoms with Gasteiger partial charge in [0.1, 0.15) is 0 Å². The Bertz CT molecular complexity index is 2030. The number of nitrogens with zero attached hydrogens (tertiary/aromatic N) is 2. The first-order valence-electron chi connectivity index (χ1n) is 14.0. The Labute approximate surface area is 262 Å². The van der Waals surface area contributed by atoms with Crippen molar-refractivity contribution < 1.29 is 18.2 Å². The highest BCUT2D eigenvalue weighted by atomic mass is 32.2. The molecule has 2 heterocycles. The minimum atomic E-state index is -2.06. The summed E-state index contributed by atoms with van der Waals surface area (Å²) >= 11 is -0.297. The van der Waals surface area contributed by atoms with Crippen molar-refractivity contribution in [3.05, 3.63) is 115 Å². The number of aryl methyl sites for hydroxylation is 1. The van der Waals surface area contributed by atoms with Crippen molar-refractivity contribution >= 4 is 50.8 Å². The van der Waals surface area contributed by atoms with Crippen molar-refractivity contribution in [1.29, 1.82) is 0 Å². The Morgan fingerprint density at radius 3 is 2.00 bits per heavy atom. The molecule has 44 heavy (non-hydrogen) atoms. The number of ether oxygens (including phenoxy) is 2. The summed E-state index contributed by atoms with van der Waals surface area (Å²) in [6.07, 6.45) is 0. The van der Waals surface area contributed by atoms with E-state index < -0.39 is 11.1 Å². The number of benzene rings is 5. The molecule has 8 heteroatoms. The number of anilines is 3. The van der Waals surface area contributed by atoms with Crippen LogP contribution in [0.4, 0.5) is 17.1 Å². The number of methoxy groups -OCH3 is 2. The molecule has 0 radical (unpaired) electrons. The Morgan fingerprint density at radius 1 is 0.727 bits per heavy atom. The van der Waals surface area contributed by atoms with Crippen LogP contribution >= 0.6 is 11.8 Å². The van der Waals surface area contributed by atoms with Gasteiger partial charge in [-0.15, -0.1) is 0 Å². The van der Waals surface area contributed by atoms with Gasteiger partial charge in [0.25, 0.3) is 0 Å². The first-order valence-corrected chi connectivity index (χ1v) is 15.9. The molecule has 0 saturated carbocycles. The van der Waals surface area contributed by atoms with Gasteiger partial charge < -0.3 is 18.9 Å². The summed E-state index contributed by atoms with van der Waals surface area (Å²) in [5.41, 5.74) is 8.62. The van der Waals surface area contributed by atoms with E-state index in [9.17, 15) is 8.76 Å². The van der Waals surface area contributed by atoms with Crippen LogP contribution < -0.4 is 14.4 Å². The minimum absolute atomic E-state index is 0.338. The predicted molar refractivity (Wildman–Crippen MR) is 178 cm³/mol. The van der Waals surface area contributed by atoms with Gasteiger partial charge in [-0.3, -0.25) is 0 Å². The number of fused-ring (bicyclic) bond motifs is 3. The van der Waals surface area contributed by atoms with Crippen molar-refractivity contribution in [2.45, 2.75) is 21.6 Å². The molecular formula is C36H28N2O4S2. The van der Waals surface area contributed by atoms with Crippen LogP contribution in [0.2, 0.25) is 0 Å². The molecule has 1 aromatic heterocycles. The molecule has 0 saturated heterocycles. The monoisotopic (exact) mass is 616 g/mol. The number of hydrogen-bond acceptors (Lipinski definition) is 6. The summed E-state index contributed by atoms with van der Waals surface area (Å²) in [6.45, 7) is 2.11. The average molecular weight is 617 g/mol. The molecule has 6 nitrogen and oxygen atoms in total. The van der Waals surface area contributed by atoms with Gasteiger partial charge in [0, 0.05) is 20.7 Å². The number of para-hydroxylation sites is 2. The zero-order chi connectivity index (χ0) is 30.4. The number of aromatic nitrogens is 1. The van der Waals surface area contributed by atoms with E-state index in [1.165, 1.54) is 9.79 Å². The second-order valence-corrected chi connectivity index (χ2v) is 12.4. The molecule has 7 rings (SSSR count). The van der Waals surface area contributed by atoms with Gasteiger partial charge in [0.2, 0.25) is 0 Å². The molecule has 0 fully saturated rings. The van der Waals surface area contributed by atoms with Crippen molar-refractivity contribution in [2.24, 2.45) is 0 Å². The lowest BCUT2D eigenvalue weighted by atomic mass is 9.94. The van der Waals surface area contributed by atoms with Crippen LogP contribution in [0.5, 0.6) is 11.5 Å². The van der Waals surface area contributed by atoms with Gasteiger partial charge in [-0.25, -0.2) is 9.19 Å². The summed E-state index contributed by atoms with van der Waals surface area (Å²) in [7, 11) is 3.26. The minimum Gasteiger partial charge on any atom is -0.493 e. The molecule has 0 spiro atoms. The Morgan fingerprint density at radius 2 is 1.36 bits per heavy atom. The normalized spacial score (nSPS) is 12.9. The fourth-order valence-electron chi connectivity index (χ4n) is 5.76. The molecule has 6 aromatic rings. The second-order valence-electron chi connectivity index (χ2n) is 10.4. The van der Waals surface area contributed by atoms with Gasteiger partial charge in [-0.05, 0) is 84.3 Å². The standard InChI is InChI=1S/C36H28N2O4S2/c1-22-12-18-30(38-28-8-4-6-10-33(28)43-34-11-7-5-9-29(34)38)36-35(22)26(24-15-19-31(41-2)32(20-24)42-3)21-27(37-36)23-13-16-25(17-14-23)44(39)40/h4-21H,1-3H3,(H,39,40). The maximum absolute atomic E-state index is 11.7. The van der Waals surface area contributed by atoms with Gasteiger partial charge in [0.05, 0.1) is 47.4 Å². The summed E-state index contributed by atoms with van der Waals surface area (Å²) in [6, 6.07) is 36.2. The second kappa shape index (κ2) is 11.5. The number of pyridine rings is 1. The van der Waals surface area contributed by atoms with Crippen LogP contribution in [-0.4, -0.2) is 28.0 Å². The number of hydrogen-bond donors (Lipinski definition) is 1. The van der Waals surface area contributed by atoms with E-state index in [0.717, 1.165) is 55.9 Å². The third kappa shape index (κ3) is 4.81. The van der Waals surface area contributed by atoms with E-state index in [4.69, 9.17) is 14.5 Å². The average Bonchev–Trinajstić information content (AvgIpc) is 3.07. The van der Waals surface area contributed by atoms with Crippen LogP contribution in [0.3, 0.4) is 0 Å². The molecular weight excluding hydrogens is 589 g/mol. The molecule has 218 valence electrons. The van der Waals surface area contributed by atoms with E-state index in [0.29, 0.717) is 16.4 Å². The topological polar surface area (TPSA) is 71.9 Å². The van der Waals surface area contributed by atoms with E-state index in [1.54, 1.807) is 38.1 Å². The highest BCUT2D eigenvalue weighted by molar-refractivity contribution is 7.99. The van der Waals surface area contributed by atoms with E-state index in [-0.39, 0.29) is 0 Å². The van der Waals surface area contributed by atoms with Crippen LogP contribution in [0.25, 0.3) is 33.3 Å². The molecule has 0 bridgehead atoms. The molecule has 0 amide bonds. The first kappa shape index (κ1) is 28.2. The molecule has 5 aromatic carbocycles. The Balaban J connectivity index is 1.55. The van der Waals surface area contributed by atoms with Crippen LogP contribution in [-0.2, 0) is 11.1 Å². The SMILES string of the molecule is COc1ccc(-c2cc(-c3ccc(S(=O)O)cc3)nc3c(N4c5ccccc5Sc5ccccc54)ccc(C)c23)cc1OC. The van der Waals surface area contributed by atoms with Gasteiger partial charge in [-0.2, -0.15) is 0 Å². The Hall–Kier alpha value is -4.63. The van der Waals surface area contributed by atoms with Crippen LogP contribution in [0.15, 0.2) is 124 Å². The van der Waals surface area contributed by atoms with Crippen molar-refractivity contribution in [2.75, 3.05) is 19.1 Å². The highest BCUT2D eigenvalue weighted by Crippen LogP contribution is 2.53. The predicted octanol–water partition coefficient (Wildman–Crippen LogP) is 9.41. The summed E-state index contributed by atoms with van der Waals surface area (Å²) in [5.74, 6) is 1.29. The lowest BCUT2D eigenvalue weighted by Crippen LogP contribution is -2.15. The van der Waals surface area contributed by atoms with Crippen molar-refractivity contribution in [1.82, 2.24) is 4.98 Å². The largest absolute Gasteiger partial charge is 0.493 e. The highest BCUT2D eigenvalue weighted by Gasteiger charge is 2.27. The fourth-order valence-corrected chi connectivity index (χ4v) is 7.19. The van der Waals surface area contributed by atoms with Crippen molar-refractivity contribution in [3.8, 4) is 33.9 Å². The molecule has 1 N–H and O–H groups in total. The molecule has 1 aliphatic heterocycles. The maximum Gasteiger partial charge on any atom is 0.186 e. The maximum atomic E-state index is 11.7. The lowest BCUT2D eigenvalue weighted by molar-refractivity contribution is 0.355. The molecule has 0 aliphatic carbocycles. The van der Waals surface area contributed by atoms with Crippen molar-refractivity contribution in [3.63, 3.8) is 0 Å². The first-order chi connectivity index (χ1) is 21.5. The lowest BCUT2D eigenvalue weighted by Gasteiger charge is -2.33. The fraction of sp³-hybridized carbons (Fsp3) is 0.0833. The van der Waals surface area contributed by atoms with E-state index in [2.05, 4.69) is 78.6 Å². The van der Waals surface area contributed by atoms with Crippen LogP contribution in [0, 0.1) is 6.92 Å². The van der Waals surface area contributed by atoms with Crippen LogP contribution in [0.1, 0.15) is 5.56 Å². The molecule has 1 atom stereocenters. The Kier molecular flexibility index (Phi) is 7.34. The smallest absolute Gasteiger partial charge is 0.186 e. The summed E-state index contributed by atoms with van der Waals surface area (Å²) in [5, 5.41) is 1.03. The van der Waals surface area contributed by atoms with Gasteiger partial charge in [-0.1, -0.05) is 60.3 Å². The third-order valence-corrected chi connectivity index (χ3v) is 9.67. The quantitative estimate of drug-likeness (QED) is 0.187. The molecule has 1 unspecified atom stereocenters. The third-order valence-electron chi connectivity index (χ3n) is 7.87. The zero-order valence-electron chi connectivity index (χ0n) is 24.3. The van der Waals surface area contributed by atoms with Gasteiger partial charge >= 0.3 is 0 Å².